The van der Waals surface area contributed by atoms with Crippen LogP contribution in [0, 0.1) is 46.3 Å². The van der Waals surface area contributed by atoms with Gasteiger partial charge in [-0.25, -0.2) is 4.39 Å². The topological polar surface area (TPSA) is 66.8 Å². The maximum Gasteiger partial charge on any atom is 0.305 e. The Morgan fingerprint density at radius 2 is 1.74 bits per heavy atom. The van der Waals surface area contributed by atoms with Crippen LogP contribution >= 0.6 is 0 Å². The molecule has 0 amide bonds. The molecule has 0 saturated heterocycles. The van der Waals surface area contributed by atoms with Gasteiger partial charge in [-0.2, -0.15) is 0 Å². The van der Waals surface area contributed by atoms with Gasteiger partial charge < -0.3 is 14.9 Å². The van der Waals surface area contributed by atoms with Crippen molar-refractivity contribution in [2.45, 2.75) is 103 Å². The molecule has 2 N–H and O–H groups in total. The Hall–Kier alpha value is -0.680. The normalized spacial score (nSPS) is 51.5. The number of alkyl halides is 1. The Bertz CT molecular complexity index is 670. The summed E-state index contributed by atoms with van der Waals surface area (Å²) >= 11 is 0. The second-order valence-electron chi connectivity index (χ2n) is 11.7. The van der Waals surface area contributed by atoms with Gasteiger partial charge in [0.2, 0.25) is 0 Å². The van der Waals surface area contributed by atoms with Crippen LogP contribution in [0.25, 0.3) is 0 Å². The van der Waals surface area contributed by atoms with Crippen LogP contribution in [0.3, 0.4) is 0 Å². The number of esters is 1. The molecular formula is C26H43FO4. The molecule has 0 aromatic heterocycles. The van der Waals surface area contributed by atoms with E-state index in [1.54, 1.807) is 0 Å². The molecule has 0 heterocycles. The number of rotatable bonds is 5. The van der Waals surface area contributed by atoms with E-state index < -0.39 is 18.4 Å². The number of aliphatic hydroxyl groups is 2. The fraction of sp³-hybridized carbons (Fsp3) is 0.962. The summed E-state index contributed by atoms with van der Waals surface area (Å²) in [6.07, 6.45) is 6.49. The van der Waals surface area contributed by atoms with E-state index in [0.29, 0.717) is 30.6 Å². The van der Waals surface area contributed by atoms with Gasteiger partial charge in [-0.15, -0.1) is 0 Å². The predicted molar refractivity (Wildman–Crippen MR) is 118 cm³/mol. The molecule has 4 nitrogen and oxygen atoms in total. The number of methoxy groups -OCH3 is 1. The molecule has 5 heteroatoms. The largest absolute Gasteiger partial charge is 0.469 e. The van der Waals surface area contributed by atoms with Crippen LogP contribution in [0.4, 0.5) is 4.39 Å². The Balaban J connectivity index is 1.58. The first kappa shape index (κ1) is 23.5. The molecule has 31 heavy (non-hydrogen) atoms. The number of hydrogen-bond donors (Lipinski definition) is 2. The van der Waals surface area contributed by atoms with Gasteiger partial charge in [0.05, 0.1) is 19.3 Å². The lowest BCUT2D eigenvalue weighted by Gasteiger charge is -2.65. The van der Waals surface area contributed by atoms with E-state index in [1.807, 2.05) is 0 Å². The Labute approximate surface area is 187 Å². The van der Waals surface area contributed by atoms with E-state index in [-0.39, 0.29) is 34.6 Å². The molecule has 4 fully saturated rings. The smallest absolute Gasteiger partial charge is 0.305 e. The highest BCUT2D eigenvalue weighted by Crippen LogP contribution is 2.69. The molecule has 4 saturated carbocycles. The van der Waals surface area contributed by atoms with Gasteiger partial charge in [0, 0.05) is 12.3 Å². The number of carbonyl (C=O) groups is 1. The van der Waals surface area contributed by atoms with Crippen molar-refractivity contribution in [1.82, 2.24) is 0 Å². The minimum absolute atomic E-state index is 0.0723. The van der Waals surface area contributed by atoms with Crippen LogP contribution in [-0.4, -0.2) is 41.7 Å². The van der Waals surface area contributed by atoms with Crippen molar-refractivity contribution in [2.75, 3.05) is 7.11 Å². The van der Waals surface area contributed by atoms with E-state index in [4.69, 9.17) is 4.74 Å². The highest BCUT2D eigenvalue weighted by Gasteiger charge is 2.66. The third-order valence-corrected chi connectivity index (χ3v) is 10.8. The van der Waals surface area contributed by atoms with Gasteiger partial charge >= 0.3 is 5.97 Å². The molecule has 0 bridgehead atoms. The van der Waals surface area contributed by atoms with Gasteiger partial charge in [0.1, 0.15) is 6.17 Å². The third kappa shape index (κ3) is 3.57. The molecule has 0 aromatic carbocycles. The number of fused-ring (bicyclic) bond motifs is 5. The van der Waals surface area contributed by atoms with E-state index in [1.165, 1.54) is 13.5 Å². The zero-order valence-electron chi connectivity index (χ0n) is 19.9. The SMILES string of the molecule is CC[C@@H]1[C@@H]2[C@@H](F)[C@H](O)CC[C@]2(C)C2CC[C@]3(C)C(CCCC(=O)OC)CCC3C2[C@@H]1O. The number of ether oxygens (including phenoxy) is 1. The third-order valence-electron chi connectivity index (χ3n) is 10.8. The van der Waals surface area contributed by atoms with Crippen molar-refractivity contribution in [3.05, 3.63) is 0 Å². The monoisotopic (exact) mass is 438 g/mol. The van der Waals surface area contributed by atoms with Crippen LogP contribution in [0.5, 0.6) is 0 Å². The first-order chi connectivity index (χ1) is 14.7. The maximum atomic E-state index is 15.4. The Morgan fingerprint density at radius 3 is 2.42 bits per heavy atom. The maximum absolute atomic E-state index is 15.4. The summed E-state index contributed by atoms with van der Waals surface area (Å²) < 4.78 is 20.2. The summed E-state index contributed by atoms with van der Waals surface area (Å²) in [4.78, 5) is 11.6. The molecule has 178 valence electrons. The zero-order chi connectivity index (χ0) is 22.6. The first-order valence-electron chi connectivity index (χ1n) is 12.8. The van der Waals surface area contributed by atoms with E-state index in [9.17, 15) is 15.0 Å². The van der Waals surface area contributed by atoms with Crippen LogP contribution in [0.2, 0.25) is 0 Å². The van der Waals surface area contributed by atoms with Crippen molar-refractivity contribution < 1.29 is 24.1 Å². The summed E-state index contributed by atoms with van der Waals surface area (Å²) in [5.74, 6) is 1.20. The van der Waals surface area contributed by atoms with Crippen molar-refractivity contribution in [3.63, 3.8) is 0 Å². The Morgan fingerprint density at radius 1 is 1.06 bits per heavy atom. The molecule has 4 aliphatic rings. The van der Waals surface area contributed by atoms with Gasteiger partial charge in [-0.3, -0.25) is 4.79 Å². The molecule has 11 atom stereocenters. The Kier molecular flexibility index (Phi) is 6.51. The second kappa shape index (κ2) is 8.59. The molecule has 0 radical (unpaired) electrons. The summed E-state index contributed by atoms with van der Waals surface area (Å²) in [5.41, 5.74) is 0.0660. The summed E-state index contributed by atoms with van der Waals surface area (Å²) in [7, 11) is 1.45. The van der Waals surface area contributed by atoms with E-state index in [2.05, 4.69) is 20.8 Å². The minimum atomic E-state index is -1.22. The van der Waals surface area contributed by atoms with E-state index >= 15 is 4.39 Å². The molecule has 4 unspecified atom stereocenters. The lowest BCUT2D eigenvalue weighted by Crippen LogP contribution is -2.64. The second-order valence-corrected chi connectivity index (χ2v) is 11.7. The van der Waals surface area contributed by atoms with Gasteiger partial charge in [-0.1, -0.05) is 27.2 Å². The summed E-state index contributed by atoms with van der Waals surface area (Å²) in [6, 6.07) is 0. The van der Waals surface area contributed by atoms with Crippen molar-refractivity contribution in [3.8, 4) is 0 Å². The average molecular weight is 439 g/mol. The lowest BCUT2D eigenvalue weighted by atomic mass is 9.41. The fourth-order valence-electron chi connectivity index (χ4n) is 9.16. The summed E-state index contributed by atoms with van der Waals surface area (Å²) in [5, 5.41) is 21.9. The van der Waals surface area contributed by atoms with Gasteiger partial charge in [0.15, 0.2) is 0 Å². The number of halogens is 1. The molecule has 4 aliphatic carbocycles. The fourth-order valence-corrected chi connectivity index (χ4v) is 9.16. The standard InChI is InChI=1S/C26H43FO4/c1-5-16-22-23(27)19(28)12-14-26(22,3)18-11-13-25(2)15(7-6-8-20(29)31-4)9-10-17(25)21(18)24(16)30/h15-19,21-24,28,30H,5-14H2,1-4H3/t15?,16-,17?,18?,19-,21?,22-,23+,24-,25-,26-/m1/s1. The molecule has 0 aliphatic heterocycles. The van der Waals surface area contributed by atoms with Crippen molar-refractivity contribution in [1.29, 1.82) is 0 Å². The number of hydrogen-bond acceptors (Lipinski definition) is 4. The summed E-state index contributed by atoms with van der Waals surface area (Å²) in [6.45, 7) is 6.77. The lowest BCUT2D eigenvalue weighted by molar-refractivity contribution is -0.221. The van der Waals surface area contributed by atoms with Crippen LogP contribution in [0.1, 0.15) is 85.0 Å². The van der Waals surface area contributed by atoms with Crippen LogP contribution in [-0.2, 0) is 9.53 Å². The van der Waals surface area contributed by atoms with Crippen LogP contribution < -0.4 is 0 Å². The van der Waals surface area contributed by atoms with Gasteiger partial charge in [-0.05, 0) is 91.8 Å². The molecular weight excluding hydrogens is 395 g/mol. The number of aliphatic hydroxyl groups excluding tert-OH is 2. The highest BCUT2D eigenvalue weighted by molar-refractivity contribution is 5.68. The molecule has 0 spiro atoms. The number of carbonyl (C=O) groups excluding carboxylic acids is 1. The van der Waals surface area contributed by atoms with Gasteiger partial charge in [0.25, 0.3) is 0 Å². The quantitative estimate of drug-likeness (QED) is 0.599. The first-order valence-corrected chi connectivity index (χ1v) is 12.8. The van der Waals surface area contributed by atoms with Crippen molar-refractivity contribution in [2.24, 2.45) is 46.3 Å². The average Bonchev–Trinajstić information content (AvgIpc) is 3.08. The minimum Gasteiger partial charge on any atom is -0.469 e. The van der Waals surface area contributed by atoms with E-state index in [0.717, 1.165) is 44.9 Å². The predicted octanol–water partition coefficient (Wildman–Crippen LogP) is 4.90. The highest BCUT2D eigenvalue weighted by atomic mass is 19.1. The molecule has 4 rings (SSSR count). The van der Waals surface area contributed by atoms with Crippen molar-refractivity contribution >= 4 is 5.97 Å². The molecule has 0 aromatic rings. The van der Waals surface area contributed by atoms with Crippen LogP contribution in [0.15, 0.2) is 0 Å². The zero-order valence-corrected chi connectivity index (χ0v) is 19.9.